The molecular weight excluding hydrogens is 414 g/mol. The zero-order valence-corrected chi connectivity index (χ0v) is 20.1. The lowest BCUT2D eigenvalue weighted by Gasteiger charge is -2.47. The van der Waals surface area contributed by atoms with Gasteiger partial charge in [-0.1, -0.05) is 0 Å². The number of amides is 1. The van der Waals surface area contributed by atoms with Crippen molar-refractivity contribution < 1.29 is 33.4 Å². The molecule has 2 aliphatic rings. The number of ether oxygens (including phenoxy) is 3. The molecule has 0 N–H and O–H groups in total. The van der Waals surface area contributed by atoms with Gasteiger partial charge in [-0.3, -0.25) is 14.4 Å². The summed E-state index contributed by atoms with van der Waals surface area (Å²) in [4.78, 5) is 49.4. The fraction of sp³-hybridized carbons (Fsp3) is 0.583. The van der Waals surface area contributed by atoms with Crippen molar-refractivity contribution in [2.24, 2.45) is 5.92 Å². The molecule has 176 valence electrons. The molecule has 0 aliphatic carbocycles. The van der Waals surface area contributed by atoms with Crippen LogP contribution in [0.2, 0.25) is 0 Å². The Morgan fingerprint density at radius 1 is 1.19 bits per heavy atom. The Labute approximate surface area is 189 Å². The van der Waals surface area contributed by atoms with E-state index in [1.54, 1.807) is 64.6 Å². The number of cyclic esters (lactones) is 1. The average Bonchev–Trinajstić information content (AvgIpc) is 3.30. The zero-order chi connectivity index (χ0) is 24.4. The van der Waals surface area contributed by atoms with Crippen LogP contribution in [-0.4, -0.2) is 47.5 Å². The van der Waals surface area contributed by atoms with Crippen LogP contribution in [0.4, 0.5) is 5.69 Å². The highest BCUT2D eigenvalue weighted by Gasteiger charge is 2.49. The lowest BCUT2D eigenvalue weighted by molar-refractivity contribution is -0.156. The first-order valence-corrected chi connectivity index (χ1v) is 10.7. The normalized spacial score (nSPS) is 20.9. The van der Waals surface area contributed by atoms with E-state index >= 15 is 0 Å². The van der Waals surface area contributed by atoms with Crippen LogP contribution in [0.5, 0.6) is 5.75 Å². The van der Waals surface area contributed by atoms with Crippen molar-refractivity contribution in [2.75, 3.05) is 11.5 Å². The quantitative estimate of drug-likeness (QED) is 0.512. The van der Waals surface area contributed by atoms with Crippen molar-refractivity contribution in [3.8, 4) is 5.75 Å². The molecule has 2 aliphatic heterocycles. The fourth-order valence-electron chi connectivity index (χ4n) is 3.75. The summed E-state index contributed by atoms with van der Waals surface area (Å²) in [5.41, 5.74) is -0.565. The van der Waals surface area contributed by atoms with Crippen LogP contribution in [0.3, 0.4) is 0 Å². The van der Waals surface area contributed by atoms with Gasteiger partial charge < -0.3 is 19.1 Å². The average molecular weight is 448 g/mol. The molecule has 2 heterocycles. The smallest absolute Gasteiger partial charge is 0.347 e. The highest BCUT2D eigenvalue weighted by Crippen LogP contribution is 2.43. The van der Waals surface area contributed by atoms with Gasteiger partial charge in [-0.25, -0.2) is 4.79 Å². The van der Waals surface area contributed by atoms with E-state index in [9.17, 15) is 19.2 Å². The van der Waals surface area contributed by atoms with Crippen LogP contribution >= 0.6 is 0 Å². The molecule has 1 fully saturated rings. The molecule has 0 aromatic heterocycles. The highest BCUT2D eigenvalue weighted by molar-refractivity contribution is 6.12. The van der Waals surface area contributed by atoms with E-state index in [0.717, 1.165) is 0 Å². The highest BCUT2D eigenvalue weighted by atomic mass is 16.6. The summed E-state index contributed by atoms with van der Waals surface area (Å²) in [5, 5.41) is 0. The van der Waals surface area contributed by atoms with Gasteiger partial charge in [0.15, 0.2) is 11.9 Å². The lowest BCUT2D eigenvalue weighted by atomic mass is 9.74. The number of anilines is 1. The summed E-state index contributed by atoms with van der Waals surface area (Å²) in [6.07, 6.45) is -0.180. The van der Waals surface area contributed by atoms with Crippen molar-refractivity contribution in [2.45, 2.75) is 79.1 Å². The Morgan fingerprint density at radius 2 is 1.75 bits per heavy atom. The van der Waals surface area contributed by atoms with Crippen molar-refractivity contribution >= 4 is 29.3 Å². The predicted octanol–water partition coefficient (Wildman–Crippen LogP) is 3.69. The summed E-state index contributed by atoms with van der Waals surface area (Å²) >= 11 is 0. The van der Waals surface area contributed by atoms with E-state index in [4.69, 9.17) is 9.47 Å². The molecule has 1 aromatic carbocycles. The Morgan fingerprint density at radius 3 is 2.19 bits per heavy atom. The Bertz CT molecular complexity index is 913. The number of epoxide rings is 1. The number of benzene rings is 1. The molecule has 2 atom stereocenters. The number of hydrogen-bond acceptors (Lipinski definition) is 7. The summed E-state index contributed by atoms with van der Waals surface area (Å²) in [6.45, 7) is 14.5. The monoisotopic (exact) mass is 447 g/mol. The first-order valence-electron chi connectivity index (χ1n) is 10.7. The molecule has 0 bridgehead atoms. The summed E-state index contributed by atoms with van der Waals surface area (Å²) in [5.74, 6) is -1.05. The van der Waals surface area contributed by atoms with Gasteiger partial charge in [-0.05, 0) is 66.7 Å². The largest absolute Gasteiger partial charge is 0.494 e. The van der Waals surface area contributed by atoms with Crippen molar-refractivity contribution in [1.82, 2.24) is 0 Å². The molecule has 1 saturated heterocycles. The minimum atomic E-state index is -0.861. The SMILES string of the molecule is CC1OC1=O.CCOc1ccc2c(c1)C(=O)C(CC(=O)OC(C)(C)C)C(C)(C)N2C(C)=O. The Balaban J connectivity index is 0.000000636. The molecule has 0 saturated carbocycles. The van der Waals surface area contributed by atoms with Gasteiger partial charge in [0.25, 0.3) is 0 Å². The molecule has 2 unspecified atom stereocenters. The van der Waals surface area contributed by atoms with Gasteiger partial charge >= 0.3 is 11.9 Å². The number of nitrogens with zero attached hydrogens (tertiary/aromatic N) is 1. The van der Waals surface area contributed by atoms with Crippen LogP contribution in [0.15, 0.2) is 18.2 Å². The third-order valence-electron chi connectivity index (χ3n) is 5.20. The predicted molar refractivity (Wildman–Crippen MR) is 119 cm³/mol. The molecule has 8 heteroatoms. The van der Waals surface area contributed by atoms with E-state index in [-0.39, 0.29) is 30.2 Å². The Hall–Kier alpha value is -2.90. The number of ketones is 1. The molecule has 3 rings (SSSR count). The molecule has 32 heavy (non-hydrogen) atoms. The van der Waals surface area contributed by atoms with Crippen LogP contribution < -0.4 is 9.64 Å². The first-order chi connectivity index (χ1) is 14.7. The maximum atomic E-state index is 13.3. The number of rotatable bonds is 4. The van der Waals surface area contributed by atoms with Crippen LogP contribution in [0.25, 0.3) is 0 Å². The molecule has 8 nitrogen and oxygen atoms in total. The number of carbonyl (C=O) groups is 4. The third kappa shape index (κ3) is 5.87. The maximum absolute atomic E-state index is 13.3. The summed E-state index contributed by atoms with van der Waals surface area (Å²) in [6, 6.07) is 5.12. The van der Waals surface area contributed by atoms with Crippen LogP contribution in [0, 0.1) is 5.92 Å². The van der Waals surface area contributed by atoms with Crippen LogP contribution in [0.1, 0.15) is 72.2 Å². The standard InChI is InChI=1S/C21H29NO5.C3H4O2/c1-8-26-14-9-10-17-15(11-14)19(25)16(12-18(24)27-20(3,4)5)21(6,7)22(17)13(2)23;1-2-3(4)5-2/h9-11,16H,8,12H2,1-7H3;2H,1H3. The van der Waals surface area contributed by atoms with Crippen molar-refractivity contribution in [3.05, 3.63) is 23.8 Å². The summed E-state index contributed by atoms with van der Waals surface area (Å²) < 4.78 is 15.2. The van der Waals surface area contributed by atoms with Gasteiger partial charge in [0.2, 0.25) is 5.91 Å². The molecular formula is C24H33NO7. The van der Waals surface area contributed by atoms with Crippen LogP contribution in [-0.2, 0) is 23.9 Å². The fourth-order valence-corrected chi connectivity index (χ4v) is 3.75. The van der Waals surface area contributed by atoms with E-state index in [2.05, 4.69) is 4.74 Å². The number of fused-ring (bicyclic) bond motifs is 1. The van der Waals surface area contributed by atoms with Gasteiger partial charge in [-0.2, -0.15) is 0 Å². The maximum Gasteiger partial charge on any atom is 0.347 e. The van der Waals surface area contributed by atoms with E-state index in [0.29, 0.717) is 23.6 Å². The second-order valence-corrected chi connectivity index (χ2v) is 9.41. The van der Waals surface area contributed by atoms with E-state index < -0.39 is 23.0 Å². The van der Waals surface area contributed by atoms with Crippen molar-refractivity contribution in [1.29, 1.82) is 0 Å². The topological polar surface area (TPSA) is 103 Å². The van der Waals surface area contributed by atoms with Crippen molar-refractivity contribution in [3.63, 3.8) is 0 Å². The van der Waals surface area contributed by atoms with Gasteiger partial charge in [0.05, 0.1) is 30.2 Å². The second-order valence-electron chi connectivity index (χ2n) is 9.41. The number of esters is 1. The minimum Gasteiger partial charge on any atom is -0.494 e. The van der Waals surface area contributed by atoms with E-state index in [1.807, 2.05) is 6.92 Å². The Kier molecular flexibility index (Phi) is 7.37. The summed E-state index contributed by atoms with van der Waals surface area (Å²) in [7, 11) is 0. The minimum absolute atomic E-state index is 0.0787. The first kappa shape index (κ1) is 25.4. The molecule has 0 spiro atoms. The second kappa shape index (κ2) is 9.30. The van der Waals surface area contributed by atoms with Gasteiger partial charge in [0.1, 0.15) is 11.4 Å². The van der Waals surface area contributed by atoms with Gasteiger partial charge in [-0.15, -0.1) is 0 Å². The number of hydrogen-bond donors (Lipinski definition) is 0. The molecule has 1 amide bonds. The zero-order valence-electron chi connectivity index (χ0n) is 20.1. The lowest BCUT2D eigenvalue weighted by Crippen LogP contribution is -2.58. The molecule has 1 aromatic rings. The number of carbonyl (C=O) groups excluding carboxylic acids is 4. The van der Waals surface area contributed by atoms with E-state index in [1.165, 1.54) is 6.92 Å². The molecule has 0 radical (unpaired) electrons. The third-order valence-corrected chi connectivity index (χ3v) is 5.20. The van der Waals surface area contributed by atoms with Gasteiger partial charge in [0, 0.05) is 12.5 Å². The number of Topliss-reactive ketones (excluding diaryl/α,β-unsaturated/α-hetero) is 1.